The SMILES string of the molecule is CC1(C)OB(c2ccc3c(c2)ncn3C(F)F)OC1(C)C. The van der Waals surface area contributed by atoms with Crippen LogP contribution in [0.4, 0.5) is 8.78 Å². The van der Waals surface area contributed by atoms with E-state index in [1.54, 1.807) is 18.2 Å². The molecule has 0 atom stereocenters. The Hall–Kier alpha value is -1.47. The second kappa shape index (κ2) is 4.51. The predicted molar refractivity (Wildman–Crippen MR) is 76.7 cm³/mol. The van der Waals surface area contributed by atoms with Gasteiger partial charge in [0, 0.05) is 0 Å². The number of nitrogens with zero attached hydrogens (tertiary/aromatic N) is 2. The van der Waals surface area contributed by atoms with Gasteiger partial charge in [0.25, 0.3) is 0 Å². The van der Waals surface area contributed by atoms with Crippen molar-refractivity contribution in [1.29, 1.82) is 0 Å². The molecule has 4 nitrogen and oxygen atoms in total. The van der Waals surface area contributed by atoms with Crippen LogP contribution in [0.15, 0.2) is 24.5 Å². The molecule has 112 valence electrons. The van der Waals surface area contributed by atoms with Crippen LogP contribution in [0.2, 0.25) is 0 Å². The lowest BCUT2D eigenvalue weighted by Crippen LogP contribution is -2.41. The molecule has 0 unspecified atom stereocenters. The lowest BCUT2D eigenvalue weighted by Gasteiger charge is -2.32. The summed E-state index contributed by atoms with van der Waals surface area (Å²) in [6.45, 7) is 5.28. The number of hydrogen-bond donors (Lipinski definition) is 0. The summed E-state index contributed by atoms with van der Waals surface area (Å²) in [6.07, 6.45) is 1.14. The van der Waals surface area contributed by atoms with Gasteiger partial charge in [-0.25, -0.2) is 4.98 Å². The molecule has 0 aliphatic carbocycles. The average Bonchev–Trinajstić information content (AvgIpc) is 2.87. The van der Waals surface area contributed by atoms with Crippen molar-refractivity contribution < 1.29 is 18.1 Å². The highest BCUT2D eigenvalue weighted by molar-refractivity contribution is 6.62. The zero-order valence-electron chi connectivity index (χ0n) is 12.4. The topological polar surface area (TPSA) is 36.3 Å². The first-order valence-electron chi connectivity index (χ1n) is 6.81. The average molecular weight is 294 g/mol. The molecule has 21 heavy (non-hydrogen) atoms. The maximum Gasteiger partial charge on any atom is 0.494 e. The molecule has 1 saturated heterocycles. The van der Waals surface area contributed by atoms with Crippen molar-refractivity contribution in [1.82, 2.24) is 9.55 Å². The minimum absolute atomic E-state index is 0.394. The molecule has 2 heterocycles. The first-order valence-corrected chi connectivity index (χ1v) is 6.81. The molecule has 1 aliphatic heterocycles. The number of aromatic nitrogens is 2. The van der Waals surface area contributed by atoms with Crippen LogP contribution in [-0.4, -0.2) is 27.9 Å². The van der Waals surface area contributed by atoms with E-state index in [1.165, 1.54) is 0 Å². The fourth-order valence-electron chi connectivity index (χ4n) is 2.33. The zero-order valence-corrected chi connectivity index (χ0v) is 12.4. The zero-order chi connectivity index (χ0) is 15.4. The van der Waals surface area contributed by atoms with E-state index >= 15 is 0 Å². The minimum atomic E-state index is -2.60. The van der Waals surface area contributed by atoms with E-state index in [1.807, 2.05) is 27.7 Å². The Labute approximate surface area is 122 Å². The number of fused-ring (bicyclic) bond motifs is 1. The standard InChI is InChI=1S/C14H17BF2N2O2/c1-13(2)14(3,4)21-15(20-13)9-5-6-11-10(7-9)18-8-19(11)12(16)17/h5-8,12H,1-4H3. The Morgan fingerprint density at radius 1 is 1.14 bits per heavy atom. The summed E-state index contributed by atoms with van der Waals surface area (Å²) in [5.41, 5.74) is 0.803. The van der Waals surface area contributed by atoms with E-state index in [0.717, 1.165) is 16.4 Å². The fraction of sp³-hybridized carbons (Fsp3) is 0.500. The van der Waals surface area contributed by atoms with Crippen LogP contribution in [0, 0.1) is 0 Å². The molecule has 2 aromatic rings. The second-order valence-electron chi connectivity index (χ2n) is 6.27. The van der Waals surface area contributed by atoms with Crippen molar-refractivity contribution in [2.75, 3.05) is 0 Å². The second-order valence-corrected chi connectivity index (χ2v) is 6.27. The lowest BCUT2D eigenvalue weighted by atomic mass is 9.79. The third-order valence-electron chi connectivity index (χ3n) is 4.33. The maximum absolute atomic E-state index is 12.8. The summed E-state index contributed by atoms with van der Waals surface area (Å²) in [4.78, 5) is 4.02. The molecule has 1 aromatic carbocycles. The first-order chi connectivity index (χ1) is 9.71. The number of rotatable bonds is 2. The summed E-state index contributed by atoms with van der Waals surface area (Å²) in [6, 6.07) is 5.09. The van der Waals surface area contributed by atoms with Gasteiger partial charge in [-0.05, 0) is 45.3 Å². The van der Waals surface area contributed by atoms with Gasteiger partial charge in [-0.15, -0.1) is 0 Å². The van der Waals surface area contributed by atoms with Gasteiger partial charge in [0.15, 0.2) is 0 Å². The summed E-state index contributed by atoms with van der Waals surface area (Å²) in [5, 5.41) is 0. The van der Waals surface area contributed by atoms with Crippen LogP contribution in [-0.2, 0) is 9.31 Å². The molecular weight excluding hydrogens is 277 g/mol. The van der Waals surface area contributed by atoms with Crippen LogP contribution < -0.4 is 5.46 Å². The fourth-order valence-corrected chi connectivity index (χ4v) is 2.33. The van der Waals surface area contributed by atoms with Crippen molar-refractivity contribution in [3.8, 4) is 0 Å². The van der Waals surface area contributed by atoms with Gasteiger partial charge in [0.05, 0.1) is 22.2 Å². The molecule has 0 radical (unpaired) electrons. The Balaban J connectivity index is 1.96. The summed E-state index contributed by atoms with van der Waals surface area (Å²) in [7, 11) is -0.518. The van der Waals surface area contributed by atoms with Crippen LogP contribution >= 0.6 is 0 Å². The minimum Gasteiger partial charge on any atom is -0.399 e. The van der Waals surface area contributed by atoms with E-state index in [2.05, 4.69) is 4.98 Å². The number of alkyl halides is 2. The van der Waals surface area contributed by atoms with Crippen LogP contribution in [0.1, 0.15) is 34.2 Å². The molecule has 0 saturated carbocycles. The van der Waals surface area contributed by atoms with Crippen molar-refractivity contribution in [2.24, 2.45) is 0 Å². The highest BCUT2D eigenvalue weighted by atomic mass is 19.3. The Kier molecular flexibility index (Phi) is 3.11. The van der Waals surface area contributed by atoms with Crippen LogP contribution in [0.3, 0.4) is 0 Å². The molecule has 0 amide bonds. The first kappa shape index (κ1) is 14.5. The van der Waals surface area contributed by atoms with Crippen LogP contribution in [0.25, 0.3) is 11.0 Å². The van der Waals surface area contributed by atoms with Gasteiger partial charge in [0.1, 0.15) is 6.33 Å². The Morgan fingerprint density at radius 2 is 1.76 bits per heavy atom. The Bertz CT molecular complexity index is 669. The Morgan fingerprint density at radius 3 is 2.33 bits per heavy atom. The van der Waals surface area contributed by atoms with Crippen LogP contribution in [0.5, 0.6) is 0 Å². The smallest absolute Gasteiger partial charge is 0.399 e. The van der Waals surface area contributed by atoms with Gasteiger partial charge in [-0.1, -0.05) is 6.07 Å². The van der Waals surface area contributed by atoms with E-state index in [9.17, 15) is 8.78 Å². The molecular formula is C14H17BF2N2O2. The monoisotopic (exact) mass is 294 g/mol. The van der Waals surface area contributed by atoms with Gasteiger partial charge >= 0.3 is 13.7 Å². The molecule has 0 spiro atoms. The number of hydrogen-bond acceptors (Lipinski definition) is 3. The molecule has 1 fully saturated rings. The van der Waals surface area contributed by atoms with Crippen molar-refractivity contribution in [3.05, 3.63) is 24.5 Å². The highest BCUT2D eigenvalue weighted by Gasteiger charge is 2.51. The lowest BCUT2D eigenvalue weighted by molar-refractivity contribution is 0.00578. The number of halogens is 2. The van der Waals surface area contributed by atoms with Gasteiger partial charge in [-0.2, -0.15) is 8.78 Å². The van der Waals surface area contributed by atoms with E-state index < -0.39 is 24.9 Å². The number of benzene rings is 1. The maximum atomic E-state index is 12.8. The molecule has 7 heteroatoms. The molecule has 1 aliphatic rings. The van der Waals surface area contributed by atoms with E-state index in [0.29, 0.717) is 11.0 Å². The predicted octanol–water partition coefficient (Wildman–Crippen LogP) is 2.73. The molecule has 0 bridgehead atoms. The normalized spacial score (nSPS) is 20.6. The van der Waals surface area contributed by atoms with Gasteiger partial charge < -0.3 is 9.31 Å². The third-order valence-corrected chi connectivity index (χ3v) is 4.33. The summed E-state index contributed by atoms with van der Waals surface area (Å²) >= 11 is 0. The molecule has 0 N–H and O–H groups in total. The van der Waals surface area contributed by atoms with Crippen molar-refractivity contribution >= 4 is 23.6 Å². The molecule has 1 aromatic heterocycles. The van der Waals surface area contributed by atoms with Crippen molar-refractivity contribution in [3.63, 3.8) is 0 Å². The largest absolute Gasteiger partial charge is 0.494 e. The third kappa shape index (κ3) is 2.24. The van der Waals surface area contributed by atoms with Gasteiger partial charge in [-0.3, -0.25) is 4.57 Å². The summed E-state index contributed by atoms with van der Waals surface area (Å²) < 4.78 is 38.4. The molecule has 3 rings (SSSR count). The van der Waals surface area contributed by atoms with E-state index in [-0.39, 0.29) is 0 Å². The quantitative estimate of drug-likeness (QED) is 0.799. The van der Waals surface area contributed by atoms with Gasteiger partial charge in [0.2, 0.25) is 0 Å². The number of imidazole rings is 1. The van der Waals surface area contributed by atoms with Crippen molar-refractivity contribution in [2.45, 2.75) is 45.4 Å². The van der Waals surface area contributed by atoms with E-state index in [4.69, 9.17) is 9.31 Å². The highest BCUT2D eigenvalue weighted by Crippen LogP contribution is 2.36. The summed E-state index contributed by atoms with van der Waals surface area (Å²) in [5.74, 6) is 0.